The van der Waals surface area contributed by atoms with Crippen LogP contribution in [0.2, 0.25) is 5.02 Å². The predicted octanol–water partition coefficient (Wildman–Crippen LogP) is 3.63. The van der Waals surface area contributed by atoms with Crippen molar-refractivity contribution in [3.05, 3.63) is 64.2 Å². The summed E-state index contributed by atoms with van der Waals surface area (Å²) in [6.07, 6.45) is 1.11. The smallest absolute Gasteiger partial charge is 0.359 e. The minimum absolute atomic E-state index is 0.194. The van der Waals surface area contributed by atoms with Crippen LogP contribution in [0.5, 0.6) is 5.75 Å². The van der Waals surface area contributed by atoms with E-state index in [0.717, 1.165) is 11.1 Å². The van der Waals surface area contributed by atoms with Gasteiger partial charge >= 0.3 is 5.97 Å². The molecule has 2 aromatic carbocycles. The Morgan fingerprint density at radius 1 is 1.24 bits per heavy atom. The molecule has 0 spiro atoms. The molecule has 1 aliphatic heterocycles. The van der Waals surface area contributed by atoms with Crippen LogP contribution in [0.3, 0.4) is 0 Å². The van der Waals surface area contributed by atoms with Crippen molar-refractivity contribution >= 4 is 23.4 Å². The Hall–Kier alpha value is -2.33. The lowest BCUT2D eigenvalue weighted by atomic mass is 9.67. The molecule has 128 valence electrons. The highest BCUT2D eigenvalue weighted by Crippen LogP contribution is 2.45. The van der Waals surface area contributed by atoms with Gasteiger partial charge in [-0.05, 0) is 49.1 Å². The predicted molar refractivity (Wildman–Crippen MR) is 93.1 cm³/mol. The molecule has 2 atom stereocenters. The second-order valence-electron chi connectivity index (χ2n) is 6.40. The van der Waals surface area contributed by atoms with E-state index in [1.54, 1.807) is 31.2 Å². The fourth-order valence-electron chi connectivity index (χ4n) is 3.85. The van der Waals surface area contributed by atoms with E-state index in [4.69, 9.17) is 21.1 Å². The molecule has 2 aliphatic rings. The SMILES string of the molecule is CCOC(=O)[C@]12Oc3ccc(Cl)cc3C[C@H]1Cc1ccccc1C2=O. The van der Waals surface area contributed by atoms with Crippen molar-refractivity contribution in [3.8, 4) is 5.75 Å². The van der Waals surface area contributed by atoms with Crippen molar-refractivity contribution < 1.29 is 19.1 Å². The molecule has 1 aliphatic carbocycles. The maximum absolute atomic E-state index is 13.3. The molecule has 0 amide bonds. The maximum Gasteiger partial charge on any atom is 0.359 e. The average Bonchev–Trinajstić information content (AvgIpc) is 2.61. The number of hydrogen-bond donors (Lipinski definition) is 0. The minimum Gasteiger partial charge on any atom is -0.467 e. The first-order valence-corrected chi connectivity index (χ1v) is 8.71. The monoisotopic (exact) mass is 356 g/mol. The van der Waals surface area contributed by atoms with E-state index in [1.165, 1.54) is 0 Å². The normalized spacial score (nSPS) is 23.8. The molecule has 0 saturated heterocycles. The van der Waals surface area contributed by atoms with Gasteiger partial charge in [-0.1, -0.05) is 35.9 Å². The lowest BCUT2D eigenvalue weighted by molar-refractivity contribution is -0.163. The second-order valence-corrected chi connectivity index (χ2v) is 6.84. The number of carbonyl (C=O) groups is 2. The van der Waals surface area contributed by atoms with Crippen molar-refractivity contribution in [2.24, 2.45) is 5.92 Å². The average molecular weight is 357 g/mol. The zero-order valence-corrected chi connectivity index (χ0v) is 14.5. The van der Waals surface area contributed by atoms with Gasteiger partial charge in [-0.25, -0.2) is 4.79 Å². The van der Waals surface area contributed by atoms with Crippen molar-refractivity contribution in [1.29, 1.82) is 0 Å². The molecule has 0 aromatic heterocycles. The molecule has 0 saturated carbocycles. The van der Waals surface area contributed by atoms with Gasteiger partial charge in [0.15, 0.2) is 0 Å². The van der Waals surface area contributed by atoms with E-state index < -0.39 is 11.6 Å². The van der Waals surface area contributed by atoms with Gasteiger partial charge in [-0.3, -0.25) is 4.79 Å². The molecule has 4 rings (SSSR count). The minimum atomic E-state index is -1.62. The van der Waals surface area contributed by atoms with E-state index in [2.05, 4.69) is 0 Å². The topological polar surface area (TPSA) is 52.6 Å². The number of rotatable bonds is 2. The highest BCUT2D eigenvalue weighted by atomic mass is 35.5. The van der Waals surface area contributed by atoms with Gasteiger partial charge in [-0.2, -0.15) is 0 Å². The molecule has 0 bridgehead atoms. The molecule has 0 N–H and O–H groups in total. The summed E-state index contributed by atoms with van der Waals surface area (Å²) in [6, 6.07) is 12.6. The highest BCUT2D eigenvalue weighted by molar-refractivity contribution is 6.30. The Labute approximate surface area is 150 Å². The number of ketones is 1. The van der Waals surface area contributed by atoms with Crippen LogP contribution in [0.1, 0.15) is 28.4 Å². The Morgan fingerprint density at radius 3 is 2.80 bits per heavy atom. The first-order chi connectivity index (χ1) is 12.1. The van der Waals surface area contributed by atoms with Crippen LogP contribution in [0.4, 0.5) is 0 Å². The molecule has 5 heteroatoms. The largest absolute Gasteiger partial charge is 0.467 e. The van der Waals surface area contributed by atoms with Gasteiger partial charge in [0.05, 0.1) is 6.61 Å². The van der Waals surface area contributed by atoms with Crippen molar-refractivity contribution in [1.82, 2.24) is 0 Å². The molecule has 4 nitrogen and oxygen atoms in total. The number of carbonyl (C=O) groups excluding carboxylic acids is 2. The number of benzene rings is 2. The summed E-state index contributed by atoms with van der Waals surface area (Å²) in [6.45, 7) is 1.92. The molecular formula is C20H17ClO4. The zero-order chi connectivity index (χ0) is 17.6. The van der Waals surface area contributed by atoms with Crippen LogP contribution in [-0.2, 0) is 22.4 Å². The summed E-state index contributed by atoms with van der Waals surface area (Å²) in [5, 5.41) is 0.605. The van der Waals surface area contributed by atoms with E-state index in [-0.39, 0.29) is 18.3 Å². The summed E-state index contributed by atoms with van der Waals surface area (Å²) in [4.78, 5) is 26.2. The van der Waals surface area contributed by atoms with E-state index in [0.29, 0.717) is 29.2 Å². The van der Waals surface area contributed by atoms with Crippen LogP contribution in [0, 0.1) is 5.92 Å². The Balaban J connectivity index is 1.88. The Kier molecular flexibility index (Phi) is 3.80. The Morgan fingerprint density at radius 2 is 2.00 bits per heavy atom. The number of Topliss-reactive ketones (excluding diaryl/α,β-unsaturated/α-hetero) is 1. The van der Waals surface area contributed by atoms with Crippen LogP contribution in [0.15, 0.2) is 42.5 Å². The molecule has 0 unspecified atom stereocenters. The van der Waals surface area contributed by atoms with Crippen LogP contribution < -0.4 is 4.74 Å². The third-order valence-corrected chi connectivity index (χ3v) is 5.21. The van der Waals surface area contributed by atoms with Crippen LogP contribution >= 0.6 is 11.6 Å². The standard InChI is InChI=1S/C20H17ClO4/c1-2-24-19(23)20-14(9-12-5-3-4-6-16(12)18(20)22)10-13-11-15(21)7-8-17(13)25-20/h3-8,11,14H,2,9-10H2,1H3/t14-,20+/m1/s1. The number of hydrogen-bond acceptors (Lipinski definition) is 4. The molecule has 0 radical (unpaired) electrons. The van der Waals surface area contributed by atoms with Gasteiger partial charge in [0.1, 0.15) is 5.75 Å². The van der Waals surface area contributed by atoms with Crippen molar-refractivity contribution in [2.45, 2.75) is 25.4 Å². The summed E-state index contributed by atoms with van der Waals surface area (Å²) in [5.41, 5.74) is 0.755. The van der Waals surface area contributed by atoms with E-state index >= 15 is 0 Å². The molecule has 25 heavy (non-hydrogen) atoms. The lowest BCUT2D eigenvalue weighted by Crippen LogP contribution is -2.62. The number of ether oxygens (including phenoxy) is 2. The summed E-state index contributed by atoms with van der Waals surface area (Å²) in [7, 11) is 0. The molecule has 1 heterocycles. The van der Waals surface area contributed by atoms with Gasteiger partial charge in [0, 0.05) is 16.5 Å². The van der Waals surface area contributed by atoms with Gasteiger partial charge < -0.3 is 9.47 Å². The van der Waals surface area contributed by atoms with Gasteiger partial charge in [0.25, 0.3) is 5.60 Å². The van der Waals surface area contributed by atoms with Crippen molar-refractivity contribution in [3.63, 3.8) is 0 Å². The fourth-order valence-corrected chi connectivity index (χ4v) is 4.04. The van der Waals surface area contributed by atoms with Crippen molar-refractivity contribution in [2.75, 3.05) is 6.61 Å². The third-order valence-electron chi connectivity index (χ3n) is 4.98. The van der Waals surface area contributed by atoms with Gasteiger partial charge in [-0.15, -0.1) is 0 Å². The van der Waals surface area contributed by atoms with Gasteiger partial charge in [0.2, 0.25) is 5.78 Å². The zero-order valence-electron chi connectivity index (χ0n) is 13.8. The maximum atomic E-state index is 13.3. The summed E-state index contributed by atoms with van der Waals surface area (Å²) < 4.78 is 11.3. The van der Waals surface area contributed by atoms with E-state index in [1.807, 2.05) is 18.2 Å². The molecule has 0 fully saturated rings. The number of esters is 1. The quantitative estimate of drug-likeness (QED) is 0.609. The molecule has 2 aromatic rings. The van der Waals surface area contributed by atoms with Crippen LogP contribution in [0.25, 0.3) is 0 Å². The second kappa shape index (κ2) is 5.88. The first-order valence-electron chi connectivity index (χ1n) is 8.33. The van der Waals surface area contributed by atoms with Crippen LogP contribution in [-0.4, -0.2) is 24.0 Å². The first kappa shape index (κ1) is 16.2. The number of fused-ring (bicyclic) bond motifs is 3. The molecular weight excluding hydrogens is 340 g/mol. The number of halogens is 1. The van der Waals surface area contributed by atoms with E-state index in [9.17, 15) is 9.59 Å². The summed E-state index contributed by atoms with van der Waals surface area (Å²) in [5.74, 6) is -0.736. The highest BCUT2D eigenvalue weighted by Gasteiger charge is 2.60. The summed E-state index contributed by atoms with van der Waals surface area (Å²) >= 11 is 6.09. The third kappa shape index (κ3) is 2.35. The Bertz CT molecular complexity index is 876. The lowest BCUT2D eigenvalue weighted by Gasteiger charge is -2.44. The fraction of sp³-hybridized carbons (Fsp3) is 0.300.